The number of rotatable bonds is 5. The molecule has 0 saturated heterocycles. The predicted molar refractivity (Wildman–Crippen MR) is 53.6 cm³/mol. The van der Waals surface area contributed by atoms with Gasteiger partial charge in [-0.15, -0.1) is 0 Å². The fourth-order valence-electron chi connectivity index (χ4n) is 1.05. The van der Waals surface area contributed by atoms with Crippen molar-refractivity contribution in [2.24, 2.45) is 5.92 Å². The number of anilines is 1. The van der Waals surface area contributed by atoms with Gasteiger partial charge in [0.15, 0.2) is 0 Å². The van der Waals surface area contributed by atoms with Crippen LogP contribution in [0.25, 0.3) is 0 Å². The molecule has 1 aromatic rings. The summed E-state index contributed by atoms with van der Waals surface area (Å²) < 4.78 is 0. The summed E-state index contributed by atoms with van der Waals surface area (Å²) in [7, 11) is 0. The molecule has 1 aromatic heterocycles. The van der Waals surface area contributed by atoms with Gasteiger partial charge in [-0.2, -0.15) is 0 Å². The average molecular weight is 180 g/mol. The van der Waals surface area contributed by atoms with E-state index in [4.69, 9.17) is 5.11 Å². The molecule has 3 heteroatoms. The number of hydrogen-bond donors (Lipinski definition) is 2. The van der Waals surface area contributed by atoms with E-state index in [0.29, 0.717) is 5.92 Å². The van der Waals surface area contributed by atoms with Crippen molar-refractivity contribution in [3.63, 3.8) is 0 Å². The van der Waals surface area contributed by atoms with E-state index in [-0.39, 0.29) is 6.61 Å². The molecule has 0 bridgehead atoms. The molecular weight excluding hydrogens is 164 g/mol. The van der Waals surface area contributed by atoms with Gasteiger partial charge in [0, 0.05) is 19.3 Å². The minimum absolute atomic E-state index is 0.232. The van der Waals surface area contributed by atoms with E-state index in [0.717, 1.165) is 18.8 Å². The van der Waals surface area contributed by atoms with Crippen molar-refractivity contribution in [1.29, 1.82) is 0 Å². The molecule has 0 saturated carbocycles. The van der Waals surface area contributed by atoms with Crippen molar-refractivity contribution in [2.45, 2.75) is 13.3 Å². The van der Waals surface area contributed by atoms with Crippen LogP contribution in [0.2, 0.25) is 0 Å². The molecule has 0 fully saturated rings. The number of nitrogens with one attached hydrogen (secondary N) is 1. The molecule has 1 rings (SSSR count). The van der Waals surface area contributed by atoms with E-state index in [2.05, 4.69) is 17.2 Å². The highest BCUT2D eigenvalue weighted by Gasteiger charge is 2.03. The summed E-state index contributed by atoms with van der Waals surface area (Å²) in [5, 5.41) is 12.1. The lowest BCUT2D eigenvalue weighted by Gasteiger charge is -2.12. The number of hydrogen-bond acceptors (Lipinski definition) is 3. The zero-order valence-corrected chi connectivity index (χ0v) is 7.90. The maximum Gasteiger partial charge on any atom is 0.125 e. The lowest BCUT2D eigenvalue weighted by Crippen LogP contribution is -2.17. The Hall–Kier alpha value is -1.09. The summed E-state index contributed by atoms with van der Waals surface area (Å²) in [5.74, 6) is 1.19. The van der Waals surface area contributed by atoms with Crippen LogP contribution < -0.4 is 5.32 Å². The molecular formula is C10H16N2O. The molecule has 0 spiro atoms. The van der Waals surface area contributed by atoms with Crippen LogP contribution in [0, 0.1) is 5.92 Å². The summed E-state index contributed by atoms with van der Waals surface area (Å²) >= 11 is 0. The third-order valence-corrected chi connectivity index (χ3v) is 2.07. The fraction of sp³-hybridized carbons (Fsp3) is 0.500. The molecule has 0 aliphatic carbocycles. The highest BCUT2D eigenvalue weighted by Crippen LogP contribution is 2.04. The Morgan fingerprint density at radius 3 is 2.92 bits per heavy atom. The van der Waals surface area contributed by atoms with Gasteiger partial charge in [-0.3, -0.25) is 0 Å². The molecule has 0 aromatic carbocycles. The van der Waals surface area contributed by atoms with E-state index < -0.39 is 0 Å². The second-order valence-electron chi connectivity index (χ2n) is 3.05. The highest BCUT2D eigenvalue weighted by atomic mass is 16.3. The summed E-state index contributed by atoms with van der Waals surface area (Å²) in [6.45, 7) is 3.08. The van der Waals surface area contributed by atoms with Gasteiger partial charge in [0.25, 0.3) is 0 Å². The van der Waals surface area contributed by atoms with E-state index in [1.165, 1.54) is 0 Å². The highest BCUT2D eigenvalue weighted by molar-refractivity contribution is 5.32. The molecule has 0 amide bonds. The monoisotopic (exact) mass is 180 g/mol. The molecule has 1 unspecified atom stereocenters. The first-order chi connectivity index (χ1) is 6.36. The van der Waals surface area contributed by atoms with E-state index in [1.807, 2.05) is 18.2 Å². The van der Waals surface area contributed by atoms with Crippen molar-refractivity contribution in [3.05, 3.63) is 24.4 Å². The smallest absolute Gasteiger partial charge is 0.125 e. The second-order valence-corrected chi connectivity index (χ2v) is 3.05. The zero-order chi connectivity index (χ0) is 9.52. The average Bonchev–Trinajstić information content (AvgIpc) is 2.21. The molecule has 1 heterocycles. The van der Waals surface area contributed by atoms with Crippen LogP contribution in [-0.4, -0.2) is 23.2 Å². The van der Waals surface area contributed by atoms with Gasteiger partial charge in [-0.1, -0.05) is 13.0 Å². The molecule has 72 valence electrons. The van der Waals surface area contributed by atoms with E-state index in [9.17, 15) is 0 Å². The first kappa shape index (κ1) is 9.99. The topological polar surface area (TPSA) is 45.1 Å². The zero-order valence-electron chi connectivity index (χ0n) is 7.90. The quantitative estimate of drug-likeness (QED) is 0.722. The van der Waals surface area contributed by atoms with Crippen molar-refractivity contribution in [2.75, 3.05) is 18.5 Å². The van der Waals surface area contributed by atoms with Crippen LogP contribution in [0.1, 0.15) is 13.3 Å². The van der Waals surface area contributed by atoms with Gasteiger partial charge in [-0.25, -0.2) is 4.98 Å². The Balaban J connectivity index is 2.34. The third-order valence-electron chi connectivity index (χ3n) is 2.07. The Morgan fingerprint density at radius 1 is 1.54 bits per heavy atom. The minimum Gasteiger partial charge on any atom is -0.396 e. The van der Waals surface area contributed by atoms with Gasteiger partial charge in [-0.05, 0) is 24.5 Å². The molecule has 1 atom stereocenters. The summed E-state index contributed by atoms with van der Waals surface area (Å²) in [6, 6.07) is 5.74. The molecule has 2 N–H and O–H groups in total. The largest absolute Gasteiger partial charge is 0.396 e. The molecule has 0 radical (unpaired) electrons. The maximum absolute atomic E-state index is 8.94. The molecule has 0 aliphatic heterocycles. The number of aliphatic hydroxyl groups is 1. The normalized spacial score (nSPS) is 12.5. The Morgan fingerprint density at radius 2 is 2.38 bits per heavy atom. The lowest BCUT2D eigenvalue weighted by molar-refractivity contribution is 0.230. The third kappa shape index (κ3) is 3.42. The standard InChI is InChI=1S/C10H16N2O/c1-2-9(8-13)7-12-10-5-3-4-6-11-10/h3-6,9,13H,2,7-8H2,1H3,(H,11,12). The second kappa shape index (κ2) is 5.54. The summed E-state index contributed by atoms with van der Waals surface area (Å²) in [4.78, 5) is 4.13. The first-order valence-corrected chi connectivity index (χ1v) is 4.62. The Labute approximate surface area is 78.8 Å². The van der Waals surface area contributed by atoms with Gasteiger partial charge < -0.3 is 10.4 Å². The fourth-order valence-corrected chi connectivity index (χ4v) is 1.05. The van der Waals surface area contributed by atoms with E-state index in [1.54, 1.807) is 6.20 Å². The predicted octanol–water partition coefficient (Wildman–Crippen LogP) is 1.51. The molecule has 0 aliphatic rings. The van der Waals surface area contributed by atoms with Crippen LogP contribution in [0.3, 0.4) is 0 Å². The van der Waals surface area contributed by atoms with Gasteiger partial charge in [0.05, 0.1) is 0 Å². The van der Waals surface area contributed by atoms with Gasteiger partial charge in [0.1, 0.15) is 5.82 Å². The number of pyridine rings is 1. The number of nitrogens with zero attached hydrogens (tertiary/aromatic N) is 1. The van der Waals surface area contributed by atoms with Crippen molar-refractivity contribution < 1.29 is 5.11 Å². The Kier molecular flexibility index (Phi) is 4.26. The maximum atomic E-state index is 8.94. The van der Waals surface area contributed by atoms with Crippen molar-refractivity contribution in [1.82, 2.24) is 4.98 Å². The van der Waals surface area contributed by atoms with Crippen LogP contribution in [0.15, 0.2) is 24.4 Å². The van der Waals surface area contributed by atoms with E-state index >= 15 is 0 Å². The molecule has 3 nitrogen and oxygen atoms in total. The summed E-state index contributed by atoms with van der Waals surface area (Å²) in [5.41, 5.74) is 0. The molecule has 13 heavy (non-hydrogen) atoms. The first-order valence-electron chi connectivity index (χ1n) is 4.62. The lowest BCUT2D eigenvalue weighted by atomic mass is 10.1. The van der Waals surface area contributed by atoms with Crippen molar-refractivity contribution in [3.8, 4) is 0 Å². The summed E-state index contributed by atoms with van der Waals surface area (Å²) in [6.07, 6.45) is 2.73. The minimum atomic E-state index is 0.232. The van der Waals surface area contributed by atoms with Crippen molar-refractivity contribution >= 4 is 5.82 Å². The van der Waals surface area contributed by atoms with Gasteiger partial charge >= 0.3 is 0 Å². The van der Waals surface area contributed by atoms with Crippen LogP contribution in [0.4, 0.5) is 5.82 Å². The Bertz CT molecular complexity index is 222. The SMILES string of the molecule is CCC(CO)CNc1ccccn1. The van der Waals surface area contributed by atoms with Crippen LogP contribution in [-0.2, 0) is 0 Å². The van der Waals surface area contributed by atoms with Gasteiger partial charge in [0.2, 0.25) is 0 Å². The number of aromatic nitrogens is 1. The van der Waals surface area contributed by atoms with Crippen LogP contribution >= 0.6 is 0 Å². The van der Waals surface area contributed by atoms with Crippen LogP contribution in [0.5, 0.6) is 0 Å². The number of aliphatic hydroxyl groups excluding tert-OH is 1.